The Kier molecular flexibility index (Phi) is 4.15. The summed E-state index contributed by atoms with van der Waals surface area (Å²) in [6, 6.07) is 0. The van der Waals surface area contributed by atoms with Crippen LogP contribution in [0.25, 0.3) is 6.20 Å². The summed E-state index contributed by atoms with van der Waals surface area (Å²) in [6.45, 7) is 10.1. The van der Waals surface area contributed by atoms with Crippen molar-refractivity contribution in [2.75, 3.05) is 0 Å². The van der Waals surface area contributed by atoms with Crippen LogP contribution in [0.4, 0.5) is 5.82 Å². The topological polar surface area (TPSA) is 30.2 Å². The van der Waals surface area contributed by atoms with E-state index in [0.29, 0.717) is 11.8 Å². The summed E-state index contributed by atoms with van der Waals surface area (Å²) in [5, 5.41) is 4.40. The van der Waals surface area contributed by atoms with Gasteiger partial charge in [0, 0.05) is 17.7 Å². The zero-order chi connectivity index (χ0) is 13.8. The lowest BCUT2D eigenvalue weighted by Gasteiger charge is -2.14. The van der Waals surface area contributed by atoms with Crippen molar-refractivity contribution >= 4 is 18.7 Å². The van der Waals surface area contributed by atoms with E-state index in [2.05, 4.69) is 61.9 Å². The molecule has 1 aliphatic carbocycles. The monoisotopic (exact) mass is 255 g/mol. The molecule has 0 N–H and O–H groups in total. The number of rotatable bonds is 4. The number of nitrogens with zero attached hydrogens (tertiary/aromatic N) is 3. The Morgan fingerprint density at radius 2 is 2.32 bits per heavy atom. The van der Waals surface area contributed by atoms with Crippen LogP contribution in [0.2, 0.25) is 0 Å². The maximum absolute atomic E-state index is 4.40. The van der Waals surface area contributed by atoms with Crippen molar-refractivity contribution in [2.24, 2.45) is 10.9 Å². The molecule has 0 amide bonds. The van der Waals surface area contributed by atoms with Gasteiger partial charge in [0.1, 0.15) is 0 Å². The van der Waals surface area contributed by atoms with Gasteiger partial charge in [-0.25, -0.2) is 9.67 Å². The molecule has 3 nitrogen and oxygen atoms in total. The zero-order valence-corrected chi connectivity index (χ0v) is 11.9. The molecule has 0 bridgehead atoms. The van der Waals surface area contributed by atoms with E-state index in [9.17, 15) is 0 Å². The first-order valence-corrected chi connectivity index (χ1v) is 6.69. The molecule has 1 aromatic rings. The normalized spacial score (nSPS) is 19.2. The molecule has 1 heterocycles. The second-order valence-corrected chi connectivity index (χ2v) is 5.27. The highest BCUT2D eigenvalue weighted by atomic mass is 15.3. The Hall–Kier alpha value is -1.90. The largest absolute Gasteiger partial charge is 0.245 e. The summed E-state index contributed by atoms with van der Waals surface area (Å²) < 4.78 is 1.81. The minimum Gasteiger partial charge on any atom is -0.245 e. The smallest absolute Gasteiger partial charge is 0.158 e. The number of hydrogen-bond donors (Lipinski definition) is 0. The minimum absolute atomic E-state index is 0.353. The molecular weight excluding hydrogens is 234 g/mol. The molecule has 3 heteroatoms. The maximum atomic E-state index is 4.40. The molecule has 0 aromatic carbocycles. The van der Waals surface area contributed by atoms with Gasteiger partial charge in [0.15, 0.2) is 5.82 Å². The van der Waals surface area contributed by atoms with Crippen molar-refractivity contribution in [2.45, 2.75) is 33.1 Å². The Morgan fingerprint density at radius 3 is 2.95 bits per heavy atom. The molecule has 1 aromatic heterocycles. The SMILES string of the molecule is C=Nc1c(C2C=C(C)C=CC2)cnn1/C=C\C(C)C. The van der Waals surface area contributed by atoms with Crippen molar-refractivity contribution in [1.82, 2.24) is 9.78 Å². The van der Waals surface area contributed by atoms with E-state index in [1.165, 1.54) is 5.57 Å². The molecule has 1 unspecified atom stereocenters. The van der Waals surface area contributed by atoms with Gasteiger partial charge in [-0.05, 0) is 26.0 Å². The number of aliphatic imine (C=N–C) groups is 1. The Morgan fingerprint density at radius 1 is 1.53 bits per heavy atom. The van der Waals surface area contributed by atoms with Crippen LogP contribution >= 0.6 is 0 Å². The first kappa shape index (κ1) is 13.5. The molecule has 0 saturated carbocycles. The molecular formula is C16H21N3. The highest BCUT2D eigenvalue weighted by molar-refractivity contribution is 5.53. The van der Waals surface area contributed by atoms with E-state index < -0.39 is 0 Å². The molecule has 0 spiro atoms. The maximum Gasteiger partial charge on any atom is 0.158 e. The second kappa shape index (κ2) is 5.83. The highest BCUT2D eigenvalue weighted by Gasteiger charge is 2.17. The van der Waals surface area contributed by atoms with Gasteiger partial charge in [-0.3, -0.25) is 0 Å². The van der Waals surface area contributed by atoms with Crippen LogP contribution < -0.4 is 0 Å². The van der Waals surface area contributed by atoms with Gasteiger partial charge in [-0.2, -0.15) is 5.10 Å². The highest BCUT2D eigenvalue weighted by Crippen LogP contribution is 2.33. The van der Waals surface area contributed by atoms with Gasteiger partial charge in [-0.1, -0.05) is 43.7 Å². The van der Waals surface area contributed by atoms with E-state index >= 15 is 0 Å². The summed E-state index contributed by atoms with van der Waals surface area (Å²) >= 11 is 0. The van der Waals surface area contributed by atoms with Crippen LogP contribution in [-0.2, 0) is 0 Å². The standard InChI is InChI=1S/C16H21N3/c1-12(2)8-9-19-16(17-4)15(11-18-19)14-7-5-6-13(3)10-14/h5-6,8-12,14H,4,7H2,1-3H3/b9-8-. The summed E-state index contributed by atoms with van der Waals surface area (Å²) in [7, 11) is 0. The predicted molar refractivity (Wildman–Crippen MR) is 81.9 cm³/mol. The van der Waals surface area contributed by atoms with Crippen molar-refractivity contribution in [3.8, 4) is 0 Å². The van der Waals surface area contributed by atoms with E-state index in [0.717, 1.165) is 17.8 Å². The number of hydrogen-bond acceptors (Lipinski definition) is 2. The van der Waals surface area contributed by atoms with Crippen LogP contribution in [-0.4, -0.2) is 16.5 Å². The van der Waals surface area contributed by atoms with E-state index in [1.54, 1.807) is 0 Å². The summed E-state index contributed by atoms with van der Waals surface area (Å²) in [5.41, 5.74) is 2.43. The van der Waals surface area contributed by atoms with E-state index in [4.69, 9.17) is 0 Å². The quantitative estimate of drug-likeness (QED) is 0.736. The first-order chi connectivity index (χ1) is 9.11. The van der Waals surface area contributed by atoms with Crippen molar-refractivity contribution in [3.63, 3.8) is 0 Å². The molecule has 0 aliphatic heterocycles. The van der Waals surface area contributed by atoms with Gasteiger partial charge >= 0.3 is 0 Å². The van der Waals surface area contributed by atoms with Crippen molar-refractivity contribution in [1.29, 1.82) is 0 Å². The molecule has 1 atom stereocenters. The minimum atomic E-state index is 0.353. The van der Waals surface area contributed by atoms with E-state index in [-0.39, 0.29) is 0 Å². The molecule has 100 valence electrons. The van der Waals surface area contributed by atoms with Crippen LogP contribution in [0, 0.1) is 5.92 Å². The predicted octanol–water partition coefficient (Wildman–Crippen LogP) is 4.33. The fourth-order valence-electron chi connectivity index (χ4n) is 2.22. The second-order valence-electron chi connectivity index (χ2n) is 5.27. The zero-order valence-electron chi connectivity index (χ0n) is 11.9. The number of allylic oxidation sites excluding steroid dienone is 5. The van der Waals surface area contributed by atoms with Crippen molar-refractivity contribution < 1.29 is 0 Å². The van der Waals surface area contributed by atoms with Crippen molar-refractivity contribution in [3.05, 3.63) is 41.6 Å². The Bertz CT molecular complexity index is 544. The average molecular weight is 255 g/mol. The Labute approximate surface area is 115 Å². The fourth-order valence-corrected chi connectivity index (χ4v) is 2.22. The summed E-state index contributed by atoms with van der Waals surface area (Å²) in [6.07, 6.45) is 13.6. The van der Waals surface area contributed by atoms with Gasteiger partial charge in [0.05, 0.1) is 6.20 Å². The van der Waals surface area contributed by atoms with Gasteiger partial charge < -0.3 is 0 Å². The molecule has 0 radical (unpaired) electrons. The van der Waals surface area contributed by atoms with Crippen LogP contribution in [0.1, 0.15) is 38.7 Å². The van der Waals surface area contributed by atoms with Crippen LogP contribution in [0.3, 0.4) is 0 Å². The fraction of sp³-hybridized carbons (Fsp3) is 0.375. The molecule has 0 saturated heterocycles. The molecule has 19 heavy (non-hydrogen) atoms. The Balaban J connectivity index is 2.32. The summed E-state index contributed by atoms with van der Waals surface area (Å²) in [5.74, 6) is 1.69. The lowest BCUT2D eigenvalue weighted by molar-refractivity contribution is 0.822. The third-order valence-electron chi connectivity index (χ3n) is 3.19. The molecule has 1 aliphatic rings. The average Bonchev–Trinajstić information content (AvgIpc) is 2.79. The van der Waals surface area contributed by atoms with Gasteiger partial charge in [0.25, 0.3) is 0 Å². The molecule has 2 rings (SSSR count). The van der Waals surface area contributed by atoms with Crippen LogP contribution in [0.15, 0.2) is 41.1 Å². The lowest BCUT2D eigenvalue weighted by atomic mass is 9.91. The third-order valence-corrected chi connectivity index (χ3v) is 3.19. The molecule has 0 fully saturated rings. The van der Waals surface area contributed by atoms with Gasteiger partial charge in [-0.15, -0.1) is 0 Å². The summed E-state index contributed by atoms with van der Waals surface area (Å²) in [4.78, 5) is 4.15. The number of aromatic nitrogens is 2. The first-order valence-electron chi connectivity index (χ1n) is 6.69. The van der Waals surface area contributed by atoms with Gasteiger partial charge in [0.2, 0.25) is 0 Å². The van der Waals surface area contributed by atoms with E-state index in [1.807, 2.05) is 17.1 Å². The lowest BCUT2D eigenvalue weighted by Crippen LogP contribution is -1.98. The third kappa shape index (κ3) is 3.11. The van der Waals surface area contributed by atoms with Crippen LogP contribution in [0.5, 0.6) is 0 Å².